The maximum Gasteiger partial charge on any atom is 0.251 e. The summed E-state index contributed by atoms with van der Waals surface area (Å²) in [6.45, 7) is 4.29. The third kappa shape index (κ3) is 7.41. The minimum absolute atomic E-state index is 0.0712. The average molecular weight is 501 g/mol. The van der Waals surface area contributed by atoms with Crippen LogP contribution in [0.4, 0.5) is 11.4 Å². The summed E-state index contributed by atoms with van der Waals surface area (Å²) in [6, 6.07) is 24.8. The zero-order valence-corrected chi connectivity index (χ0v) is 21.3. The fraction of sp³-hybridized carbons (Fsp3) is 0.333. The molecule has 0 aliphatic carbocycles. The lowest BCUT2D eigenvalue weighted by Gasteiger charge is -2.25. The summed E-state index contributed by atoms with van der Waals surface area (Å²) >= 11 is 0. The third-order valence-electron chi connectivity index (χ3n) is 6.55. The van der Waals surface area contributed by atoms with Crippen molar-refractivity contribution in [2.24, 2.45) is 0 Å². The van der Waals surface area contributed by atoms with E-state index >= 15 is 0 Å². The normalized spacial score (nSPS) is 14.9. The SMILES string of the molecule is CCNc1cc(C(=O)NC(Cc2ccccc2)C(O)CNCc2ccccc2)cc(N2CCCC2=O)c1. The molecule has 2 unspecified atom stereocenters. The second-order valence-electron chi connectivity index (χ2n) is 9.40. The second-order valence-corrected chi connectivity index (χ2v) is 9.40. The Hall–Kier alpha value is -3.68. The molecule has 0 spiro atoms. The van der Waals surface area contributed by atoms with E-state index in [1.165, 1.54) is 0 Å². The zero-order chi connectivity index (χ0) is 26.0. The van der Waals surface area contributed by atoms with Crippen LogP contribution >= 0.6 is 0 Å². The highest BCUT2D eigenvalue weighted by Crippen LogP contribution is 2.27. The first-order valence-electron chi connectivity index (χ1n) is 13.0. The molecular weight excluding hydrogens is 464 g/mol. The smallest absolute Gasteiger partial charge is 0.251 e. The van der Waals surface area contributed by atoms with Crippen LogP contribution in [0.25, 0.3) is 0 Å². The number of anilines is 2. The van der Waals surface area contributed by atoms with Gasteiger partial charge in [-0.25, -0.2) is 0 Å². The Morgan fingerprint density at radius 3 is 2.35 bits per heavy atom. The summed E-state index contributed by atoms with van der Waals surface area (Å²) in [7, 11) is 0. The molecule has 1 aliphatic heterocycles. The van der Waals surface area contributed by atoms with Crippen LogP contribution < -0.4 is 20.9 Å². The lowest BCUT2D eigenvalue weighted by molar-refractivity contribution is -0.117. The van der Waals surface area contributed by atoms with Gasteiger partial charge in [0.2, 0.25) is 5.91 Å². The molecule has 37 heavy (non-hydrogen) atoms. The molecule has 0 saturated carbocycles. The minimum atomic E-state index is -0.801. The highest BCUT2D eigenvalue weighted by Gasteiger charge is 2.25. The van der Waals surface area contributed by atoms with E-state index in [0.717, 1.165) is 28.9 Å². The molecule has 1 fully saturated rings. The molecule has 0 radical (unpaired) electrons. The topological polar surface area (TPSA) is 93.7 Å². The van der Waals surface area contributed by atoms with E-state index in [0.29, 0.717) is 44.6 Å². The van der Waals surface area contributed by atoms with E-state index in [1.807, 2.05) is 73.7 Å². The Morgan fingerprint density at radius 2 is 1.70 bits per heavy atom. The number of amides is 2. The van der Waals surface area contributed by atoms with Gasteiger partial charge in [-0.05, 0) is 49.1 Å². The first kappa shape index (κ1) is 26.4. The second kappa shape index (κ2) is 13.0. The molecule has 7 nitrogen and oxygen atoms in total. The lowest BCUT2D eigenvalue weighted by atomic mass is 10.00. The van der Waals surface area contributed by atoms with Crippen LogP contribution in [0.15, 0.2) is 78.9 Å². The van der Waals surface area contributed by atoms with Crippen LogP contribution in [0.2, 0.25) is 0 Å². The van der Waals surface area contributed by atoms with Crippen molar-refractivity contribution in [1.29, 1.82) is 0 Å². The summed E-state index contributed by atoms with van der Waals surface area (Å²) in [6.07, 6.45) is 1.02. The number of rotatable bonds is 12. The highest BCUT2D eigenvalue weighted by molar-refractivity contribution is 6.00. The van der Waals surface area contributed by atoms with Gasteiger partial charge in [-0.1, -0.05) is 60.7 Å². The first-order chi connectivity index (χ1) is 18.0. The van der Waals surface area contributed by atoms with Crippen LogP contribution in [-0.2, 0) is 17.8 Å². The number of aliphatic hydroxyl groups excluding tert-OH is 1. The maximum absolute atomic E-state index is 13.5. The molecule has 1 saturated heterocycles. The van der Waals surface area contributed by atoms with Gasteiger partial charge >= 0.3 is 0 Å². The van der Waals surface area contributed by atoms with Crippen LogP contribution in [0.3, 0.4) is 0 Å². The van der Waals surface area contributed by atoms with Gasteiger partial charge in [0.05, 0.1) is 12.1 Å². The fourth-order valence-electron chi connectivity index (χ4n) is 4.63. The summed E-state index contributed by atoms with van der Waals surface area (Å²) in [4.78, 5) is 27.6. The van der Waals surface area contributed by atoms with Crippen molar-refractivity contribution in [3.63, 3.8) is 0 Å². The number of hydrogen-bond acceptors (Lipinski definition) is 5. The van der Waals surface area contributed by atoms with E-state index < -0.39 is 12.1 Å². The molecule has 0 aromatic heterocycles. The maximum atomic E-state index is 13.5. The van der Waals surface area contributed by atoms with Crippen molar-refractivity contribution >= 4 is 23.2 Å². The molecule has 1 heterocycles. The van der Waals surface area contributed by atoms with E-state index in [-0.39, 0.29) is 11.8 Å². The molecule has 2 atom stereocenters. The molecule has 3 aromatic rings. The van der Waals surface area contributed by atoms with Crippen molar-refractivity contribution in [3.8, 4) is 0 Å². The number of aliphatic hydroxyl groups is 1. The van der Waals surface area contributed by atoms with Crippen molar-refractivity contribution in [2.75, 3.05) is 29.9 Å². The Labute approximate surface area is 218 Å². The fourth-order valence-corrected chi connectivity index (χ4v) is 4.63. The summed E-state index contributed by atoms with van der Waals surface area (Å²) in [5.74, 6) is -0.211. The molecule has 2 amide bonds. The van der Waals surface area contributed by atoms with Gasteiger partial charge in [0.25, 0.3) is 5.91 Å². The van der Waals surface area contributed by atoms with Crippen molar-refractivity contribution in [1.82, 2.24) is 10.6 Å². The number of benzene rings is 3. The van der Waals surface area contributed by atoms with E-state index in [4.69, 9.17) is 0 Å². The number of hydrogen-bond donors (Lipinski definition) is 4. The highest BCUT2D eigenvalue weighted by atomic mass is 16.3. The van der Waals surface area contributed by atoms with E-state index in [2.05, 4.69) is 16.0 Å². The largest absolute Gasteiger partial charge is 0.390 e. The third-order valence-corrected chi connectivity index (χ3v) is 6.55. The van der Waals surface area contributed by atoms with Crippen molar-refractivity contribution < 1.29 is 14.7 Å². The Balaban J connectivity index is 1.50. The molecule has 3 aromatic carbocycles. The molecular formula is C30H36N4O3. The Bertz CT molecular complexity index is 1170. The number of nitrogens with zero attached hydrogens (tertiary/aromatic N) is 1. The van der Waals surface area contributed by atoms with Gasteiger partial charge in [0.1, 0.15) is 0 Å². The Morgan fingerprint density at radius 1 is 1.00 bits per heavy atom. The van der Waals surface area contributed by atoms with Gasteiger partial charge in [0.15, 0.2) is 0 Å². The molecule has 4 rings (SSSR count). The first-order valence-corrected chi connectivity index (χ1v) is 13.0. The predicted octanol–water partition coefficient (Wildman–Crippen LogP) is 3.74. The minimum Gasteiger partial charge on any atom is -0.390 e. The monoisotopic (exact) mass is 500 g/mol. The van der Waals surface area contributed by atoms with Gasteiger partial charge in [-0.15, -0.1) is 0 Å². The molecule has 7 heteroatoms. The number of nitrogens with one attached hydrogen (secondary N) is 3. The lowest BCUT2D eigenvalue weighted by Crippen LogP contribution is -2.48. The molecule has 0 bridgehead atoms. The number of carbonyl (C=O) groups is 2. The number of carbonyl (C=O) groups excluding carboxylic acids is 2. The predicted molar refractivity (Wildman–Crippen MR) is 148 cm³/mol. The molecule has 1 aliphatic rings. The quantitative estimate of drug-likeness (QED) is 0.304. The van der Waals surface area contributed by atoms with Gasteiger partial charge < -0.3 is 26.0 Å². The Kier molecular flexibility index (Phi) is 9.29. The average Bonchev–Trinajstić information content (AvgIpc) is 3.35. The van der Waals surface area contributed by atoms with Crippen molar-refractivity contribution in [2.45, 2.75) is 44.9 Å². The molecule has 4 N–H and O–H groups in total. The van der Waals surface area contributed by atoms with Crippen LogP contribution in [0, 0.1) is 0 Å². The summed E-state index contributed by atoms with van der Waals surface area (Å²) in [5.41, 5.74) is 4.11. The van der Waals surface area contributed by atoms with E-state index in [9.17, 15) is 14.7 Å². The molecule has 194 valence electrons. The van der Waals surface area contributed by atoms with Crippen molar-refractivity contribution in [3.05, 3.63) is 95.6 Å². The van der Waals surface area contributed by atoms with Crippen LogP contribution in [0.5, 0.6) is 0 Å². The van der Waals surface area contributed by atoms with Gasteiger partial charge in [0, 0.05) is 49.5 Å². The van der Waals surface area contributed by atoms with Gasteiger partial charge in [-0.2, -0.15) is 0 Å². The van der Waals surface area contributed by atoms with Gasteiger partial charge in [-0.3, -0.25) is 9.59 Å². The van der Waals surface area contributed by atoms with Crippen LogP contribution in [-0.4, -0.2) is 48.7 Å². The summed E-state index contributed by atoms with van der Waals surface area (Å²) in [5, 5.41) is 20.7. The van der Waals surface area contributed by atoms with Crippen LogP contribution in [0.1, 0.15) is 41.3 Å². The van der Waals surface area contributed by atoms with E-state index in [1.54, 1.807) is 17.0 Å². The zero-order valence-electron chi connectivity index (χ0n) is 21.3. The summed E-state index contributed by atoms with van der Waals surface area (Å²) < 4.78 is 0. The standard InChI is InChI=1S/C30H36N4O3/c1-2-32-25-17-24(18-26(19-25)34-15-9-14-29(34)36)30(37)33-27(16-22-10-5-3-6-11-22)28(35)21-31-20-23-12-7-4-8-13-23/h3-8,10-13,17-19,27-28,31-32,35H,2,9,14-16,20-21H2,1H3,(H,33,37).